The highest BCUT2D eigenvalue weighted by Gasteiger charge is 2.17. The first-order valence-electron chi connectivity index (χ1n) is 7.88. The molecule has 25 heavy (non-hydrogen) atoms. The zero-order valence-electron chi connectivity index (χ0n) is 13.9. The molecule has 0 bridgehead atoms. The van der Waals surface area contributed by atoms with Crippen LogP contribution in [0.1, 0.15) is 24.2 Å². The number of ether oxygens (including phenoxy) is 1. The Kier molecular flexibility index (Phi) is 6.55. The van der Waals surface area contributed by atoms with Crippen molar-refractivity contribution in [3.63, 3.8) is 0 Å². The van der Waals surface area contributed by atoms with Crippen molar-refractivity contribution < 1.29 is 23.1 Å². The zero-order valence-corrected chi connectivity index (χ0v) is 14.7. The second-order valence-corrected chi connectivity index (χ2v) is 7.67. The molecule has 2 N–H and O–H groups in total. The Balaban J connectivity index is 1.98. The number of aliphatic hydroxyl groups excluding tert-OH is 1. The van der Waals surface area contributed by atoms with Gasteiger partial charge in [0.25, 0.3) is 0 Å². The number of rotatable bonds is 7. The lowest BCUT2D eigenvalue weighted by atomic mass is 10.1. The molecule has 0 aliphatic heterocycles. The third kappa shape index (κ3) is 5.30. The summed E-state index contributed by atoms with van der Waals surface area (Å²) in [6.07, 6.45) is -1.53. The van der Waals surface area contributed by atoms with Crippen LogP contribution in [-0.2, 0) is 21.1 Å². The molecule has 0 aliphatic carbocycles. The summed E-state index contributed by atoms with van der Waals surface area (Å²) in [7, 11) is -3.29. The summed E-state index contributed by atoms with van der Waals surface area (Å²) in [5.74, 6) is 0.00810. The first-order valence-corrected chi connectivity index (χ1v) is 9.53. The lowest BCUT2D eigenvalue weighted by molar-refractivity contribution is 0.0568. The third-order valence-corrected chi connectivity index (χ3v) is 5.44. The van der Waals surface area contributed by atoms with Gasteiger partial charge in [-0.2, -0.15) is 0 Å². The molecule has 0 unspecified atom stereocenters. The molecule has 0 saturated carbocycles. The van der Waals surface area contributed by atoms with Crippen LogP contribution in [0.25, 0.3) is 0 Å². The largest absolute Gasteiger partial charge is 0.439 e. The number of carbonyl (C=O) groups excluding carboxylic acids is 1. The molecule has 7 heteroatoms. The SMILES string of the molecule is CCS(=O)(=O)c1ccc([C@H](CO)OC(=O)NCc2ccccc2)cc1. The molecule has 0 aliphatic rings. The fourth-order valence-corrected chi connectivity index (χ4v) is 3.09. The summed E-state index contributed by atoms with van der Waals surface area (Å²) in [5, 5.41) is 12.1. The Hall–Kier alpha value is -2.38. The first-order chi connectivity index (χ1) is 12.0. The van der Waals surface area contributed by atoms with Gasteiger partial charge in [0.2, 0.25) is 0 Å². The molecule has 0 heterocycles. The summed E-state index contributed by atoms with van der Waals surface area (Å²) in [5.41, 5.74) is 1.45. The molecular formula is C18H21NO5S. The van der Waals surface area contributed by atoms with Crippen LogP contribution in [0.2, 0.25) is 0 Å². The van der Waals surface area contributed by atoms with Gasteiger partial charge in [-0.1, -0.05) is 49.4 Å². The van der Waals surface area contributed by atoms with E-state index in [0.717, 1.165) is 5.56 Å². The number of carbonyl (C=O) groups is 1. The number of hydrogen-bond donors (Lipinski definition) is 2. The van der Waals surface area contributed by atoms with Crippen LogP contribution in [0, 0.1) is 0 Å². The van der Waals surface area contributed by atoms with Crippen molar-refractivity contribution >= 4 is 15.9 Å². The Morgan fingerprint density at radius 3 is 2.32 bits per heavy atom. The standard InChI is InChI=1S/C18H21NO5S/c1-2-25(22,23)16-10-8-15(9-11-16)17(13-20)24-18(21)19-12-14-6-4-3-5-7-14/h3-11,17,20H,2,12-13H2,1H3,(H,19,21)/t17-/m0/s1. The number of alkyl carbamates (subject to hydrolysis) is 1. The zero-order chi connectivity index (χ0) is 18.3. The molecule has 0 aromatic heterocycles. The lowest BCUT2D eigenvalue weighted by Crippen LogP contribution is -2.26. The van der Waals surface area contributed by atoms with Crippen LogP contribution < -0.4 is 5.32 Å². The average Bonchev–Trinajstić information content (AvgIpc) is 2.65. The van der Waals surface area contributed by atoms with Crippen molar-refractivity contribution in [3.8, 4) is 0 Å². The predicted molar refractivity (Wildman–Crippen MR) is 93.8 cm³/mol. The van der Waals surface area contributed by atoms with Crippen molar-refractivity contribution in [2.24, 2.45) is 0 Å². The van der Waals surface area contributed by atoms with Gasteiger partial charge in [-0.3, -0.25) is 0 Å². The van der Waals surface area contributed by atoms with E-state index >= 15 is 0 Å². The molecule has 1 amide bonds. The second-order valence-electron chi connectivity index (χ2n) is 5.39. The van der Waals surface area contributed by atoms with Crippen molar-refractivity contribution in [2.75, 3.05) is 12.4 Å². The van der Waals surface area contributed by atoms with Crippen LogP contribution in [-0.4, -0.2) is 32.0 Å². The van der Waals surface area contributed by atoms with Gasteiger partial charge in [0.05, 0.1) is 17.3 Å². The monoisotopic (exact) mass is 363 g/mol. The molecule has 0 spiro atoms. The van der Waals surface area contributed by atoms with Crippen molar-refractivity contribution in [3.05, 3.63) is 65.7 Å². The Labute approximate surface area is 147 Å². The number of benzene rings is 2. The van der Waals surface area contributed by atoms with Gasteiger partial charge in [0, 0.05) is 6.54 Å². The highest BCUT2D eigenvalue weighted by atomic mass is 32.2. The molecule has 6 nitrogen and oxygen atoms in total. The highest BCUT2D eigenvalue weighted by Crippen LogP contribution is 2.20. The van der Waals surface area contributed by atoms with Gasteiger partial charge in [0.1, 0.15) is 0 Å². The fourth-order valence-electron chi connectivity index (χ4n) is 2.21. The van der Waals surface area contributed by atoms with E-state index < -0.39 is 28.6 Å². The summed E-state index contributed by atoms with van der Waals surface area (Å²) < 4.78 is 28.8. The summed E-state index contributed by atoms with van der Waals surface area (Å²) >= 11 is 0. The van der Waals surface area contributed by atoms with Gasteiger partial charge in [-0.25, -0.2) is 13.2 Å². The molecule has 2 aromatic rings. The molecule has 2 aromatic carbocycles. The van der Waals surface area contributed by atoms with E-state index in [4.69, 9.17) is 4.74 Å². The highest BCUT2D eigenvalue weighted by molar-refractivity contribution is 7.91. The topological polar surface area (TPSA) is 92.7 Å². The van der Waals surface area contributed by atoms with Crippen molar-refractivity contribution in [1.82, 2.24) is 5.32 Å². The van der Waals surface area contributed by atoms with E-state index in [1.54, 1.807) is 6.92 Å². The van der Waals surface area contributed by atoms with E-state index in [1.807, 2.05) is 30.3 Å². The minimum absolute atomic E-state index is 0.00810. The van der Waals surface area contributed by atoms with Gasteiger partial charge in [-0.15, -0.1) is 0 Å². The van der Waals surface area contributed by atoms with Crippen LogP contribution in [0.3, 0.4) is 0 Å². The van der Waals surface area contributed by atoms with E-state index in [0.29, 0.717) is 12.1 Å². The van der Waals surface area contributed by atoms with Crippen LogP contribution in [0.4, 0.5) is 4.79 Å². The molecule has 0 saturated heterocycles. The van der Waals surface area contributed by atoms with Gasteiger partial charge in [-0.05, 0) is 23.3 Å². The Morgan fingerprint density at radius 2 is 1.76 bits per heavy atom. The molecule has 1 atom stereocenters. The van der Waals surface area contributed by atoms with E-state index in [-0.39, 0.29) is 10.6 Å². The third-order valence-electron chi connectivity index (χ3n) is 3.69. The first kappa shape index (κ1) is 19.0. The summed E-state index contributed by atoms with van der Waals surface area (Å²) in [6, 6.07) is 15.3. The fraction of sp³-hybridized carbons (Fsp3) is 0.278. The van der Waals surface area contributed by atoms with Crippen molar-refractivity contribution in [2.45, 2.75) is 24.5 Å². The number of sulfone groups is 1. The minimum atomic E-state index is -3.29. The average molecular weight is 363 g/mol. The van der Waals surface area contributed by atoms with Crippen LogP contribution in [0.15, 0.2) is 59.5 Å². The summed E-state index contributed by atoms with van der Waals surface area (Å²) in [4.78, 5) is 12.1. The van der Waals surface area contributed by atoms with E-state index in [2.05, 4.69) is 5.32 Å². The Bertz CT molecular complexity index is 788. The predicted octanol–water partition coefficient (Wildman–Crippen LogP) is 2.44. The Morgan fingerprint density at radius 1 is 1.12 bits per heavy atom. The number of aliphatic hydroxyl groups is 1. The lowest BCUT2D eigenvalue weighted by Gasteiger charge is -2.17. The second kappa shape index (κ2) is 8.64. The van der Waals surface area contributed by atoms with Crippen molar-refractivity contribution in [1.29, 1.82) is 0 Å². The van der Waals surface area contributed by atoms with Gasteiger partial charge < -0.3 is 15.2 Å². The molecule has 2 rings (SSSR count). The molecular weight excluding hydrogens is 342 g/mol. The molecule has 0 fully saturated rings. The van der Waals surface area contributed by atoms with E-state index in [1.165, 1.54) is 24.3 Å². The minimum Gasteiger partial charge on any atom is -0.439 e. The maximum Gasteiger partial charge on any atom is 0.408 e. The van der Waals surface area contributed by atoms with Gasteiger partial charge >= 0.3 is 6.09 Å². The summed E-state index contributed by atoms with van der Waals surface area (Å²) in [6.45, 7) is 1.48. The van der Waals surface area contributed by atoms with Crippen LogP contribution in [0.5, 0.6) is 0 Å². The number of hydrogen-bond acceptors (Lipinski definition) is 5. The number of nitrogens with one attached hydrogen (secondary N) is 1. The normalized spacial score (nSPS) is 12.4. The van der Waals surface area contributed by atoms with Crippen LogP contribution >= 0.6 is 0 Å². The van der Waals surface area contributed by atoms with E-state index in [9.17, 15) is 18.3 Å². The smallest absolute Gasteiger partial charge is 0.408 e. The maximum absolute atomic E-state index is 11.9. The van der Waals surface area contributed by atoms with Gasteiger partial charge in [0.15, 0.2) is 15.9 Å². The quantitative estimate of drug-likeness (QED) is 0.788. The molecule has 134 valence electrons. The number of amides is 1. The molecule has 0 radical (unpaired) electrons. The maximum atomic E-state index is 11.9.